The number of H-pyrrole nitrogens is 1. The Hall–Kier alpha value is -7.36. The van der Waals surface area contributed by atoms with Crippen LogP contribution in [0.25, 0.3) is 10.9 Å². The molecule has 3 saturated heterocycles. The van der Waals surface area contributed by atoms with Gasteiger partial charge in [0, 0.05) is 56.0 Å². The minimum atomic E-state index is -1.43. The number of hydrogen-bond acceptors (Lipinski definition) is 11. The second-order valence-corrected chi connectivity index (χ2v) is 20.1. The predicted molar refractivity (Wildman–Crippen MR) is 271 cm³/mol. The van der Waals surface area contributed by atoms with E-state index in [-0.39, 0.29) is 69.3 Å². The molecule has 0 radical (unpaired) electrons. The lowest BCUT2D eigenvalue weighted by Gasteiger charge is -2.32. The molecule has 3 aliphatic heterocycles. The quantitative estimate of drug-likeness (QED) is 0.0612. The number of nitrogens with zero attached hydrogens (tertiary/aromatic N) is 3. The van der Waals surface area contributed by atoms with Gasteiger partial charge in [-0.2, -0.15) is 0 Å². The molecular formula is C52H71N11O11. The highest BCUT2D eigenvalue weighted by atomic mass is 16.4. The number of aliphatic carboxylic acids is 1. The fraction of sp³-hybridized carbons (Fsp3) is 0.538. The van der Waals surface area contributed by atoms with E-state index in [1.807, 2.05) is 32.0 Å². The number of carbonyl (C=O) groups is 10. The van der Waals surface area contributed by atoms with E-state index in [4.69, 9.17) is 11.5 Å². The van der Waals surface area contributed by atoms with Crippen LogP contribution in [-0.4, -0.2) is 158 Å². The number of carbonyl (C=O) groups excluding carboxylic acids is 9. The first-order valence-electron chi connectivity index (χ1n) is 25.5. The molecule has 3 aliphatic rings. The van der Waals surface area contributed by atoms with Crippen molar-refractivity contribution in [2.24, 2.45) is 17.4 Å². The highest BCUT2D eigenvalue weighted by Crippen LogP contribution is 2.26. The Morgan fingerprint density at radius 1 is 0.635 bits per heavy atom. The van der Waals surface area contributed by atoms with Gasteiger partial charge in [-0.05, 0) is 88.3 Å². The maximum Gasteiger partial charge on any atom is 0.326 e. The van der Waals surface area contributed by atoms with Crippen molar-refractivity contribution in [3.8, 4) is 0 Å². The molecule has 1 aromatic heterocycles. The van der Waals surface area contributed by atoms with Gasteiger partial charge in [-0.25, -0.2) is 4.79 Å². The Morgan fingerprint density at radius 2 is 1.18 bits per heavy atom. The van der Waals surface area contributed by atoms with Gasteiger partial charge in [-0.3, -0.25) is 43.2 Å². The van der Waals surface area contributed by atoms with Crippen molar-refractivity contribution in [2.45, 2.75) is 153 Å². The molecule has 3 aromatic rings. The number of hydrogen-bond donors (Lipinski definition) is 9. The number of likely N-dealkylation sites (tertiary alicyclic amines) is 3. The molecule has 0 saturated carbocycles. The standard InChI is InChI=1S/C52H71N11O11/c1-29(2)25-39(52(73)74)60-45(66)37(26-32-13-6-5-7-14-32)59-48(69)41-18-10-22-61(41)50(71)36(20-21-43(54)64)57-46(67)38(27-33-28-55-35-16-9-8-15-34(33)35)58-44(65)31(4)56-47(68)40-17-11-23-62(40)51(72)42-19-12-24-63(42)49(70)30(3)53/h5-9,13-16,28-31,36-42,55H,10-12,17-27,53H2,1-4H3,(H2,54,64)(H,56,68)(H,57,67)(H,58,65)(H,59,69)(H,60,66)(H,73,74)/t30-,31-,36-,37-,38-,39-,40-,41-,42-/m0/s1. The third-order valence-electron chi connectivity index (χ3n) is 13.9. The fourth-order valence-corrected chi connectivity index (χ4v) is 10.1. The van der Waals surface area contributed by atoms with Crippen LogP contribution in [0.4, 0.5) is 0 Å². The number of benzene rings is 2. The number of carboxylic acids is 1. The molecule has 0 aliphatic carbocycles. The van der Waals surface area contributed by atoms with Crippen LogP contribution in [0.2, 0.25) is 0 Å². The van der Waals surface area contributed by atoms with E-state index in [1.54, 1.807) is 49.5 Å². The molecule has 74 heavy (non-hydrogen) atoms. The van der Waals surface area contributed by atoms with Crippen LogP contribution in [0.15, 0.2) is 60.8 Å². The second kappa shape index (κ2) is 25.5. The molecule has 0 bridgehead atoms. The Balaban J connectivity index is 1.19. The zero-order valence-electron chi connectivity index (χ0n) is 42.5. The molecule has 2 aromatic carbocycles. The van der Waals surface area contributed by atoms with Crippen molar-refractivity contribution in [3.05, 3.63) is 71.9 Å². The summed E-state index contributed by atoms with van der Waals surface area (Å²) in [5, 5.41) is 24.1. The average Bonchev–Trinajstić information content (AvgIpc) is 4.22. The molecule has 6 rings (SSSR count). The van der Waals surface area contributed by atoms with E-state index in [0.29, 0.717) is 49.8 Å². The molecule has 4 heterocycles. The number of nitrogens with two attached hydrogens (primary N) is 2. The van der Waals surface area contributed by atoms with Gasteiger partial charge in [0.15, 0.2) is 0 Å². The van der Waals surface area contributed by atoms with Crippen molar-refractivity contribution in [2.75, 3.05) is 19.6 Å². The molecule has 400 valence electrons. The summed E-state index contributed by atoms with van der Waals surface area (Å²) in [4.78, 5) is 143. The number of fused-ring (bicyclic) bond motifs is 1. The van der Waals surface area contributed by atoms with Gasteiger partial charge in [0.2, 0.25) is 53.2 Å². The number of carboxylic acid groups (broad SMARTS) is 1. The molecule has 0 unspecified atom stereocenters. The largest absolute Gasteiger partial charge is 0.480 e. The molecular weight excluding hydrogens is 955 g/mol. The average molecular weight is 1030 g/mol. The molecule has 0 spiro atoms. The van der Waals surface area contributed by atoms with Gasteiger partial charge < -0.3 is 62.8 Å². The third-order valence-corrected chi connectivity index (χ3v) is 13.9. The van der Waals surface area contributed by atoms with Gasteiger partial charge in [-0.15, -0.1) is 0 Å². The lowest BCUT2D eigenvalue weighted by molar-refractivity contribution is -0.147. The number of rotatable bonds is 23. The van der Waals surface area contributed by atoms with Crippen LogP contribution in [0.3, 0.4) is 0 Å². The summed E-state index contributed by atoms with van der Waals surface area (Å²) in [5.74, 6) is -7.12. The van der Waals surface area contributed by atoms with E-state index >= 15 is 0 Å². The summed E-state index contributed by atoms with van der Waals surface area (Å²) in [6.07, 6.45) is 3.54. The minimum absolute atomic E-state index is 0.00639. The number of aromatic nitrogens is 1. The third kappa shape index (κ3) is 14.2. The first-order chi connectivity index (χ1) is 35.2. The molecule has 3 fully saturated rings. The van der Waals surface area contributed by atoms with Gasteiger partial charge in [-0.1, -0.05) is 62.4 Å². The van der Waals surface area contributed by atoms with E-state index in [1.165, 1.54) is 21.6 Å². The van der Waals surface area contributed by atoms with Gasteiger partial charge in [0.1, 0.15) is 48.3 Å². The Bertz CT molecular complexity index is 2550. The van der Waals surface area contributed by atoms with Gasteiger partial charge in [0.05, 0.1) is 6.04 Å². The lowest BCUT2D eigenvalue weighted by atomic mass is 10.0. The number of amides is 9. The molecule has 9 atom stereocenters. The summed E-state index contributed by atoms with van der Waals surface area (Å²) >= 11 is 0. The number of para-hydroxylation sites is 1. The number of primary amides is 1. The van der Waals surface area contributed by atoms with Crippen LogP contribution >= 0.6 is 0 Å². The zero-order valence-corrected chi connectivity index (χ0v) is 42.5. The van der Waals surface area contributed by atoms with Crippen LogP contribution < -0.4 is 38.1 Å². The SMILES string of the molecule is CC(C)C[C@H](NC(=O)[C@H](Cc1ccccc1)NC(=O)[C@@H]1CCCN1C(=O)[C@H](CCC(N)=O)NC(=O)[C@H](Cc1c[nH]c2ccccc12)NC(=O)[C@H](C)NC(=O)[C@@H]1CCCN1C(=O)[C@@H]1CCCN1C(=O)[C@H](C)N)C(=O)O. The van der Waals surface area contributed by atoms with Crippen LogP contribution in [-0.2, 0) is 60.8 Å². The molecule has 22 nitrogen and oxygen atoms in total. The highest BCUT2D eigenvalue weighted by Gasteiger charge is 2.44. The van der Waals surface area contributed by atoms with Crippen molar-refractivity contribution in [1.29, 1.82) is 0 Å². The van der Waals surface area contributed by atoms with E-state index < -0.39 is 102 Å². The normalized spacial score (nSPS) is 20.0. The Labute approximate surface area is 429 Å². The van der Waals surface area contributed by atoms with Crippen molar-refractivity contribution in [3.63, 3.8) is 0 Å². The maximum atomic E-state index is 14.6. The fourth-order valence-electron chi connectivity index (χ4n) is 10.1. The highest BCUT2D eigenvalue weighted by molar-refractivity contribution is 5.99. The smallest absolute Gasteiger partial charge is 0.326 e. The monoisotopic (exact) mass is 1030 g/mol. The van der Waals surface area contributed by atoms with E-state index in [0.717, 1.165) is 10.9 Å². The zero-order chi connectivity index (χ0) is 53.8. The summed E-state index contributed by atoms with van der Waals surface area (Å²) in [6, 6.07) is 6.01. The van der Waals surface area contributed by atoms with Crippen molar-refractivity contribution < 1.29 is 53.1 Å². The predicted octanol–water partition coefficient (Wildman–Crippen LogP) is 0.113. The van der Waals surface area contributed by atoms with Crippen LogP contribution in [0.5, 0.6) is 0 Å². The molecule has 9 amide bonds. The van der Waals surface area contributed by atoms with E-state index in [2.05, 4.69) is 31.6 Å². The minimum Gasteiger partial charge on any atom is -0.480 e. The molecule has 11 N–H and O–H groups in total. The topological polar surface area (TPSA) is 329 Å². The van der Waals surface area contributed by atoms with E-state index in [9.17, 15) is 53.1 Å². The van der Waals surface area contributed by atoms with Crippen molar-refractivity contribution in [1.82, 2.24) is 46.3 Å². The number of aromatic amines is 1. The Morgan fingerprint density at radius 3 is 1.80 bits per heavy atom. The van der Waals surface area contributed by atoms with Gasteiger partial charge >= 0.3 is 5.97 Å². The van der Waals surface area contributed by atoms with Crippen LogP contribution in [0, 0.1) is 5.92 Å². The summed E-state index contributed by atoms with van der Waals surface area (Å²) in [6.45, 7) is 7.34. The van der Waals surface area contributed by atoms with Crippen molar-refractivity contribution >= 4 is 70.0 Å². The lowest BCUT2D eigenvalue weighted by Crippen LogP contribution is -2.60. The number of nitrogens with one attached hydrogen (secondary N) is 6. The van der Waals surface area contributed by atoms with Gasteiger partial charge in [0.25, 0.3) is 0 Å². The maximum absolute atomic E-state index is 14.6. The Kier molecular flexibility index (Phi) is 19.3. The van der Waals surface area contributed by atoms with Crippen LogP contribution in [0.1, 0.15) is 96.6 Å². The summed E-state index contributed by atoms with van der Waals surface area (Å²) in [5.41, 5.74) is 13.5. The second-order valence-electron chi connectivity index (χ2n) is 20.1. The summed E-state index contributed by atoms with van der Waals surface area (Å²) < 4.78 is 0. The molecule has 22 heteroatoms. The first-order valence-corrected chi connectivity index (χ1v) is 25.5. The first kappa shape index (κ1) is 55.9. The summed E-state index contributed by atoms with van der Waals surface area (Å²) in [7, 11) is 0.